The SMILES string of the molecule is CCOC(=O)C(O)C(O)c1ccc(OC)c(/C=C/C(=O)O)c1. The number of carbonyl (C=O) groups excluding carboxylic acids is 1. The van der Waals surface area contributed by atoms with Gasteiger partial charge in [0, 0.05) is 11.6 Å². The highest BCUT2D eigenvalue weighted by Gasteiger charge is 2.27. The minimum absolute atomic E-state index is 0.0812. The number of carboxylic acid groups (broad SMARTS) is 1. The number of aliphatic hydroxyl groups excluding tert-OH is 2. The molecule has 0 fully saturated rings. The highest BCUT2D eigenvalue weighted by Crippen LogP contribution is 2.26. The van der Waals surface area contributed by atoms with E-state index in [1.165, 1.54) is 31.4 Å². The molecule has 7 heteroatoms. The zero-order chi connectivity index (χ0) is 16.7. The fourth-order valence-corrected chi connectivity index (χ4v) is 1.77. The number of carboxylic acids is 1. The predicted molar refractivity (Wildman–Crippen MR) is 77.3 cm³/mol. The molecule has 7 nitrogen and oxygen atoms in total. The van der Waals surface area contributed by atoms with Crippen LogP contribution in [0.5, 0.6) is 5.75 Å². The molecule has 22 heavy (non-hydrogen) atoms. The fourth-order valence-electron chi connectivity index (χ4n) is 1.77. The maximum Gasteiger partial charge on any atom is 0.338 e. The van der Waals surface area contributed by atoms with Gasteiger partial charge in [-0.1, -0.05) is 6.07 Å². The summed E-state index contributed by atoms with van der Waals surface area (Å²) in [7, 11) is 1.41. The van der Waals surface area contributed by atoms with Crippen molar-refractivity contribution in [2.75, 3.05) is 13.7 Å². The summed E-state index contributed by atoms with van der Waals surface area (Å²) in [5.74, 6) is -1.69. The van der Waals surface area contributed by atoms with Gasteiger partial charge >= 0.3 is 11.9 Å². The van der Waals surface area contributed by atoms with Crippen molar-refractivity contribution < 1.29 is 34.4 Å². The summed E-state index contributed by atoms with van der Waals surface area (Å²) >= 11 is 0. The molecule has 0 aliphatic heterocycles. The highest BCUT2D eigenvalue weighted by molar-refractivity contribution is 5.86. The molecule has 0 aliphatic rings. The van der Waals surface area contributed by atoms with Gasteiger partial charge in [0.05, 0.1) is 13.7 Å². The van der Waals surface area contributed by atoms with E-state index in [2.05, 4.69) is 4.74 Å². The van der Waals surface area contributed by atoms with Gasteiger partial charge in [0.15, 0.2) is 6.10 Å². The Kier molecular flexibility index (Phi) is 6.55. The van der Waals surface area contributed by atoms with Crippen LogP contribution in [-0.2, 0) is 14.3 Å². The zero-order valence-electron chi connectivity index (χ0n) is 12.2. The van der Waals surface area contributed by atoms with Gasteiger partial charge in [-0.15, -0.1) is 0 Å². The standard InChI is InChI=1S/C15H18O7/c1-3-22-15(20)14(19)13(18)10-4-6-11(21-2)9(8-10)5-7-12(16)17/h4-8,13-14,18-19H,3H2,1-2H3,(H,16,17)/b7-5+. The van der Waals surface area contributed by atoms with Gasteiger partial charge in [-0.2, -0.15) is 0 Å². The number of aliphatic carboxylic acids is 1. The average Bonchev–Trinajstić information content (AvgIpc) is 2.51. The first kappa shape index (κ1) is 17.7. The maximum absolute atomic E-state index is 11.4. The normalized spacial score (nSPS) is 13.6. The van der Waals surface area contributed by atoms with E-state index in [4.69, 9.17) is 9.84 Å². The Morgan fingerprint density at radius 2 is 2.00 bits per heavy atom. The summed E-state index contributed by atoms with van der Waals surface area (Å²) in [5, 5.41) is 28.4. The van der Waals surface area contributed by atoms with Crippen LogP contribution < -0.4 is 4.74 Å². The molecule has 0 aromatic heterocycles. The van der Waals surface area contributed by atoms with Gasteiger partial charge in [0.1, 0.15) is 11.9 Å². The van der Waals surface area contributed by atoms with E-state index in [-0.39, 0.29) is 12.2 Å². The van der Waals surface area contributed by atoms with Crippen LogP contribution in [0, 0.1) is 0 Å². The Morgan fingerprint density at radius 3 is 2.55 bits per heavy atom. The summed E-state index contributed by atoms with van der Waals surface area (Å²) < 4.78 is 9.71. The van der Waals surface area contributed by atoms with Crippen LogP contribution in [0.25, 0.3) is 6.08 Å². The summed E-state index contributed by atoms with van der Waals surface area (Å²) in [4.78, 5) is 22.0. The van der Waals surface area contributed by atoms with Gasteiger partial charge < -0.3 is 24.8 Å². The number of benzene rings is 1. The maximum atomic E-state index is 11.4. The number of esters is 1. The van der Waals surface area contributed by atoms with Crippen LogP contribution >= 0.6 is 0 Å². The van der Waals surface area contributed by atoms with Crippen LogP contribution in [0.1, 0.15) is 24.2 Å². The van der Waals surface area contributed by atoms with E-state index in [0.717, 1.165) is 6.08 Å². The van der Waals surface area contributed by atoms with Crippen molar-refractivity contribution in [2.24, 2.45) is 0 Å². The number of hydrogen-bond acceptors (Lipinski definition) is 6. The monoisotopic (exact) mass is 310 g/mol. The molecule has 2 unspecified atom stereocenters. The number of aliphatic hydroxyl groups is 2. The lowest BCUT2D eigenvalue weighted by molar-refractivity contribution is -0.159. The summed E-state index contributed by atoms with van der Waals surface area (Å²) in [6.07, 6.45) is -1.03. The Balaban J connectivity index is 3.07. The van der Waals surface area contributed by atoms with Crippen LogP contribution in [0.4, 0.5) is 0 Å². The van der Waals surface area contributed by atoms with E-state index in [1.54, 1.807) is 6.92 Å². The molecule has 0 bridgehead atoms. The summed E-state index contributed by atoms with van der Waals surface area (Å²) in [6.45, 7) is 1.66. The summed E-state index contributed by atoms with van der Waals surface area (Å²) in [6, 6.07) is 4.38. The highest BCUT2D eigenvalue weighted by atomic mass is 16.5. The largest absolute Gasteiger partial charge is 0.496 e. The van der Waals surface area contributed by atoms with Crippen LogP contribution in [-0.4, -0.2) is 47.1 Å². The van der Waals surface area contributed by atoms with E-state index in [9.17, 15) is 19.8 Å². The minimum Gasteiger partial charge on any atom is -0.496 e. The number of ether oxygens (including phenoxy) is 2. The molecular weight excluding hydrogens is 292 g/mol. The van der Waals surface area contributed by atoms with Crippen molar-refractivity contribution in [2.45, 2.75) is 19.1 Å². The number of rotatable bonds is 7. The molecule has 0 spiro atoms. The van der Waals surface area contributed by atoms with Gasteiger partial charge in [-0.05, 0) is 30.7 Å². The van der Waals surface area contributed by atoms with Gasteiger partial charge in [0.25, 0.3) is 0 Å². The third-order valence-electron chi connectivity index (χ3n) is 2.83. The van der Waals surface area contributed by atoms with E-state index in [1.807, 2.05) is 0 Å². The van der Waals surface area contributed by atoms with Crippen molar-refractivity contribution >= 4 is 18.0 Å². The van der Waals surface area contributed by atoms with Crippen molar-refractivity contribution in [3.05, 3.63) is 35.4 Å². The molecule has 0 aliphatic carbocycles. The third-order valence-corrected chi connectivity index (χ3v) is 2.83. The Morgan fingerprint density at radius 1 is 1.32 bits per heavy atom. The van der Waals surface area contributed by atoms with Gasteiger partial charge in [0.2, 0.25) is 0 Å². The second-order valence-corrected chi connectivity index (χ2v) is 4.31. The van der Waals surface area contributed by atoms with Gasteiger partial charge in [-0.3, -0.25) is 0 Å². The Labute approximate surface area is 127 Å². The second-order valence-electron chi connectivity index (χ2n) is 4.31. The first-order chi connectivity index (χ1) is 10.4. The molecule has 0 radical (unpaired) electrons. The molecular formula is C15H18O7. The lowest BCUT2D eigenvalue weighted by Crippen LogP contribution is -2.29. The fraction of sp³-hybridized carbons (Fsp3) is 0.333. The smallest absolute Gasteiger partial charge is 0.338 e. The molecule has 1 rings (SSSR count). The minimum atomic E-state index is -1.73. The van der Waals surface area contributed by atoms with E-state index < -0.39 is 24.1 Å². The number of methoxy groups -OCH3 is 1. The first-order valence-electron chi connectivity index (χ1n) is 6.52. The van der Waals surface area contributed by atoms with Crippen molar-refractivity contribution in [3.63, 3.8) is 0 Å². The summed E-state index contributed by atoms with van der Waals surface area (Å²) in [5.41, 5.74) is 0.615. The molecule has 1 aromatic carbocycles. The quantitative estimate of drug-likeness (QED) is 0.503. The van der Waals surface area contributed by atoms with Crippen molar-refractivity contribution in [1.29, 1.82) is 0 Å². The van der Waals surface area contributed by atoms with Crippen molar-refractivity contribution in [3.8, 4) is 5.75 Å². The second kappa shape index (κ2) is 8.16. The lowest BCUT2D eigenvalue weighted by atomic mass is 10.0. The molecule has 2 atom stereocenters. The first-order valence-corrected chi connectivity index (χ1v) is 6.52. The zero-order valence-corrected chi connectivity index (χ0v) is 12.2. The van der Waals surface area contributed by atoms with Gasteiger partial charge in [-0.25, -0.2) is 9.59 Å². The topological polar surface area (TPSA) is 113 Å². The molecule has 3 N–H and O–H groups in total. The molecule has 0 saturated carbocycles. The number of hydrogen-bond donors (Lipinski definition) is 3. The van der Waals surface area contributed by atoms with Crippen LogP contribution in [0.3, 0.4) is 0 Å². The molecule has 120 valence electrons. The molecule has 0 heterocycles. The van der Waals surface area contributed by atoms with E-state index in [0.29, 0.717) is 11.3 Å². The van der Waals surface area contributed by atoms with E-state index >= 15 is 0 Å². The predicted octanol–water partition coefficient (Wildman–Crippen LogP) is 0.750. The lowest BCUT2D eigenvalue weighted by Gasteiger charge is -2.18. The van der Waals surface area contributed by atoms with Crippen molar-refractivity contribution in [1.82, 2.24) is 0 Å². The number of carbonyl (C=O) groups is 2. The molecule has 0 saturated heterocycles. The Hall–Kier alpha value is -2.38. The van der Waals surface area contributed by atoms with Crippen LogP contribution in [0.15, 0.2) is 24.3 Å². The molecule has 0 amide bonds. The third kappa shape index (κ3) is 4.57. The van der Waals surface area contributed by atoms with Crippen LogP contribution in [0.2, 0.25) is 0 Å². The molecule has 1 aromatic rings. The average molecular weight is 310 g/mol. The Bertz CT molecular complexity index is 565.